The zero-order valence-corrected chi connectivity index (χ0v) is 11.4. The van der Waals surface area contributed by atoms with Crippen LogP contribution in [0, 0.1) is 0 Å². The molecule has 19 heavy (non-hydrogen) atoms. The molecule has 0 aliphatic heterocycles. The summed E-state index contributed by atoms with van der Waals surface area (Å²) in [5.41, 5.74) is 0.0294. The molecule has 0 fully saturated rings. The van der Waals surface area contributed by atoms with Crippen LogP contribution >= 0.6 is 0 Å². The smallest absolute Gasteiger partial charge is 0.243 e. The molecule has 0 aliphatic rings. The predicted molar refractivity (Wildman–Crippen MR) is 71.8 cm³/mol. The van der Waals surface area contributed by atoms with E-state index in [-0.39, 0.29) is 5.39 Å². The van der Waals surface area contributed by atoms with Crippen LogP contribution in [0.4, 0.5) is 0 Å². The quantitative estimate of drug-likeness (QED) is 0.896. The Labute approximate surface area is 110 Å². The molecule has 0 unspecified atom stereocenters. The van der Waals surface area contributed by atoms with Gasteiger partial charge in [0.15, 0.2) is 0 Å². The summed E-state index contributed by atoms with van der Waals surface area (Å²) in [7, 11) is -2.58. The van der Waals surface area contributed by atoms with E-state index >= 15 is 0 Å². The maximum absolute atomic E-state index is 12.2. The second-order valence-corrected chi connectivity index (χ2v) is 5.57. The van der Waals surface area contributed by atoms with Crippen LogP contribution in [-0.2, 0) is 16.6 Å². The lowest BCUT2D eigenvalue weighted by atomic mass is 10.2. The number of hydrogen-bond acceptors (Lipinski definition) is 4. The normalized spacial score (nSPS) is 11.7. The van der Waals surface area contributed by atoms with E-state index in [0.717, 1.165) is 0 Å². The molecule has 0 saturated carbocycles. The SMILES string of the molecule is CCn1cc(S(N)(=O)=O)c(=O)c2cc(OC)ccc21. The molecule has 0 saturated heterocycles. The van der Waals surface area contributed by atoms with Crippen LogP contribution in [0.25, 0.3) is 10.9 Å². The van der Waals surface area contributed by atoms with Crippen molar-refractivity contribution in [1.29, 1.82) is 0 Å². The van der Waals surface area contributed by atoms with E-state index < -0.39 is 20.3 Å². The van der Waals surface area contributed by atoms with Crippen LogP contribution < -0.4 is 15.3 Å². The first-order chi connectivity index (χ1) is 8.88. The summed E-state index contributed by atoms with van der Waals surface area (Å²) in [6.45, 7) is 2.37. The second-order valence-electron chi connectivity index (χ2n) is 4.04. The number of methoxy groups -OCH3 is 1. The number of benzene rings is 1. The highest BCUT2D eigenvalue weighted by molar-refractivity contribution is 7.89. The molecule has 6 nitrogen and oxygen atoms in total. The molecular formula is C12H14N2O4S. The number of pyridine rings is 1. The molecule has 0 radical (unpaired) electrons. The van der Waals surface area contributed by atoms with Crippen molar-refractivity contribution in [3.05, 3.63) is 34.6 Å². The fourth-order valence-corrected chi connectivity index (χ4v) is 2.58. The minimum absolute atomic E-state index is 0.271. The Balaban J connectivity index is 2.97. The van der Waals surface area contributed by atoms with E-state index in [1.54, 1.807) is 16.7 Å². The zero-order valence-electron chi connectivity index (χ0n) is 10.6. The van der Waals surface area contributed by atoms with Gasteiger partial charge in [-0.2, -0.15) is 0 Å². The summed E-state index contributed by atoms with van der Waals surface area (Å²) in [6, 6.07) is 4.94. The van der Waals surface area contributed by atoms with Crippen LogP contribution in [0.2, 0.25) is 0 Å². The minimum Gasteiger partial charge on any atom is -0.497 e. The van der Waals surface area contributed by atoms with Crippen molar-refractivity contribution >= 4 is 20.9 Å². The first-order valence-electron chi connectivity index (χ1n) is 5.62. The lowest BCUT2D eigenvalue weighted by molar-refractivity contribution is 0.415. The van der Waals surface area contributed by atoms with E-state index in [9.17, 15) is 13.2 Å². The molecule has 1 heterocycles. The zero-order chi connectivity index (χ0) is 14.2. The maximum atomic E-state index is 12.2. The molecule has 2 rings (SSSR count). The Kier molecular flexibility index (Phi) is 3.34. The first-order valence-corrected chi connectivity index (χ1v) is 7.17. The topological polar surface area (TPSA) is 91.4 Å². The average molecular weight is 282 g/mol. The van der Waals surface area contributed by atoms with Crippen molar-refractivity contribution in [2.45, 2.75) is 18.4 Å². The largest absolute Gasteiger partial charge is 0.497 e. The summed E-state index contributed by atoms with van der Waals surface area (Å²) >= 11 is 0. The standard InChI is InChI=1S/C12H14N2O4S/c1-3-14-7-11(19(13,16)17)12(15)9-6-8(18-2)4-5-10(9)14/h4-7H,3H2,1-2H3,(H2,13,16,17). The van der Waals surface area contributed by atoms with Crippen molar-refractivity contribution in [2.75, 3.05) is 7.11 Å². The van der Waals surface area contributed by atoms with Gasteiger partial charge >= 0.3 is 0 Å². The third-order valence-corrected chi connectivity index (χ3v) is 3.81. The number of hydrogen-bond donors (Lipinski definition) is 1. The lowest BCUT2D eigenvalue weighted by Crippen LogP contribution is -2.23. The van der Waals surface area contributed by atoms with Gasteiger partial charge in [-0.05, 0) is 25.1 Å². The van der Waals surface area contributed by atoms with Crippen molar-refractivity contribution < 1.29 is 13.2 Å². The van der Waals surface area contributed by atoms with E-state index in [1.165, 1.54) is 19.4 Å². The number of rotatable bonds is 3. The maximum Gasteiger partial charge on any atom is 0.243 e. The van der Waals surface area contributed by atoms with Gasteiger partial charge in [0.05, 0.1) is 18.0 Å². The molecular weight excluding hydrogens is 268 g/mol. The summed E-state index contributed by atoms with van der Waals surface area (Å²) in [4.78, 5) is 11.8. The Hall–Kier alpha value is -1.86. The summed E-state index contributed by atoms with van der Waals surface area (Å²) in [5, 5.41) is 5.34. The molecule has 2 N–H and O–H groups in total. The van der Waals surface area contributed by atoms with Gasteiger partial charge in [0, 0.05) is 12.7 Å². The monoisotopic (exact) mass is 282 g/mol. The highest BCUT2D eigenvalue weighted by atomic mass is 32.2. The molecule has 0 spiro atoms. The number of ether oxygens (including phenoxy) is 1. The lowest BCUT2D eigenvalue weighted by Gasteiger charge is -2.11. The fourth-order valence-electron chi connectivity index (χ4n) is 1.94. The molecule has 102 valence electrons. The average Bonchev–Trinajstić information content (AvgIpc) is 2.37. The van der Waals surface area contributed by atoms with Gasteiger partial charge in [-0.3, -0.25) is 4.79 Å². The van der Waals surface area contributed by atoms with Crippen LogP contribution in [-0.4, -0.2) is 20.1 Å². The van der Waals surface area contributed by atoms with Gasteiger partial charge in [-0.25, -0.2) is 13.6 Å². The van der Waals surface area contributed by atoms with E-state index in [0.29, 0.717) is 17.8 Å². The van der Waals surface area contributed by atoms with Gasteiger partial charge in [0.1, 0.15) is 10.6 Å². The number of aryl methyl sites for hydroxylation is 1. The summed E-state index contributed by atoms with van der Waals surface area (Å²) in [6.07, 6.45) is 1.27. The van der Waals surface area contributed by atoms with Gasteiger partial charge in [0.2, 0.25) is 15.5 Å². The first kappa shape index (κ1) is 13.6. The van der Waals surface area contributed by atoms with Crippen molar-refractivity contribution in [3.8, 4) is 5.75 Å². The number of sulfonamides is 1. The Bertz CT molecular complexity index is 793. The van der Waals surface area contributed by atoms with E-state index in [4.69, 9.17) is 9.88 Å². The van der Waals surface area contributed by atoms with Gasteiger partial charge in [0.25, 0.3) is 0 Å². The Morgan fingerprint density at radius 2 is 2.05 bits per heavy atom. The van der Waals surface area contributed by atoms with Gasteiger partial charge < -0.3 is 9.30 Å². The molecule has 0 amide bonds. The summed E-state index contributed by atoms with van der Waals surface area (Å²) < 4.78 is 29.6. The van der Waals surface area contributed by atoms with Crippen molar-refractivity contribution in [2.24, 2.45) is 5.14 Å². The van der Waals surface area contributed by atoms with Gasteiger partial charge in [-0.1, -0.05) is 0 Å². The fraction of sp³-hybridized carbons (Fsp3) is 0.250. The van der Waals surface area contributed by atoms with Crippen LogP contribution in [0.3, 0.4) is 0 Å². The minimum atomic E-state index is -4.05. The molecule has 7 heteroatoms. The predicted octanol–water partition coefficient (Wildman–Crippen LogP) is 0.677. The number of nitrogens with zero attached hydrogens (tertiary/aromatic N) is 1. The Morgan fingerprint density at radius 1 is 1.37 bits per heavy atom. The Morgan fingerprint density at radius 3 is 2.58 bits per heavy atom. The van der Waals surface area contributed by atoms with E-state index in [1.807, 2.05) is 6.92 Å². The highest BCUT2D eigenvalue weighted by Gasteiger charge is 2.17. The van der Waals surface area contributed by atoms with Crippen molar-refractivity contribution in [3.63, 3.8) is 0 Å². The van der Waals surface area contributed by atoms with Crippen LogP contribution in [0.1, 0.15) is 6.92 Å². The van der Waals surface area contributed by atoms with Crippen molar-refractivity contribution in [1.82, 2.24) is 4.57 Å². The van der Waals surface area contributed by atoms with E-state index in [2.05, 4.69) is 0 Å². The molecule has 2 aromatic rings. The third kappa shape index (κ3) is 2.34. The second kappa shape index (κ2) is 4.67. The van der Waals surface area contributed by atoms with Gasteiger partial charge in [-0.15, -0.1) is 0 Å². The summed E-state index contributed by atoms with van der Waals surface area (Å²) in [5.74, 6) is 0.485. The van der Waals surface area contributed by atoms with Crippen LogP contribution in [0.5, 0.6) is 5.75 Å². The number of primary sulfonamides is 1. The molecule has 0 bridgehead atoms. The van der Waals surface area contributed by atoms with Crippen LogP contribution in [0.15, 0.2) is 34.1 Å². The molecule has 0 aliphatic carbocycles. The number of nitrogens with two attached hydrogens (primary N) is 1. The highest BCUT2D eigenvalue weighted by Crippen LogP contribution is 2.19. The molecule has 0 atom stereocenters. The molecule has 1 aromatic heterocycles. The third-order valence-electron chi connectivity index (χ3n) is 2.90. The number of fused-ring (bicyclic) bond motifs is 1. The number of aromatic nitrogens is 1. The molecule has 1 aromatic carbocycles.